The number of aromatic nitrogens is 1. The van der Waals surface area contributed by atoms with E-state index in [-0.39, 0.29) is 5.69 Å². The molecule has 19 heavy (non-hydrogen) atoms. The lowest BCUT2D eigenvalue weighted by atomic mass is 10.3. The van der Waals surface area contributed by atoms with E-state index >= 15 is 0 Å². The second kappa shape index (κ2) is 5.68. The summed E-state index contributed by atoms with van der Waals surface area (Å²) in [6.45, 7) is -1.54. The van der Waals surface area contributed by atoms with E-state index in [0.29, 0.717) is 5.01 Å². The summed E-state index contributed by atoms with van der Waals surface area (Å²) in [5.74, 6) is -0.804. The van der Waals surface area contributed by atoms with Crippen molar-refractivity contribution in [3.05, 3.63) is 27.9 Å². The number of thiazole rings is 1. The molecule has 1 N–H and O–H groups in total. The molecule has 2 rings (SSSR count). The minimum atomic E-state index is -4.49. The van der Waals surface area contributed by atoms with Crippen LogP contribution in [0.2, 0.25) is 0 Å². The predicted molar refractivity (Wildman–Crippen MR) is 64.9 cm³/mol. The first-order valence-electron chi connectivity index (χ1n) is 4.93. The Labute approximate surface area is 113 Å². The van der Waals surface area contributed by atoms with Crippen LogP contribution in [0.15, 0.2) is 22.2 Å². The van der Waals surface area contributed by atoms with Crippen molar-refractivity contribution in [1.29, 1.82) is 0 Å². The van der Waals surface area contributed by atoms with E-state index in [1.165, 1.54) is 28.1 Å². The van der Waals surface area contributed by atoms with Gasteiger partial charge < -0.3 is 0 Å². The molecule has 0 saturated carbocycles. The maximum absolute atomic E-state index is 11.8. The Balaban J connectivity index is 1.93. The summed E-state index contributed by atoms with van der Waals surface area (Å²) in [7, 11) is 0. The quantitative estimate of drug-likeness (QED) is 0.883. The molecule has 0 radical (unpaired) electrons. The maximum atomic E-state index is 11.8. The van der Waals surface area contributed by atoms with Gasteiger partial charge in [-0.25, -0.2) is 10.5 Å². The molecular weight excluding hydrogens is 301 g/mol. The van der Waals surface area contributed by atoms with Gasteiger partial charge in [0.05, 0.1) is 0 Å². The highest BCUT2D eigenvalue weighted by molar-refractivity contribution is 7.14. The van der Waals surface area contributed by atoms with Crippen LogP contribution in [0, 0.1) is 0 Å². The molecule has 9 heteroatoms. The lowest BCUT2D eigenvalue weighted by molar-refractivity contribution is -0.184. The van der Waals surface area contributed by atoms with E-state index in [1.807, 2.05) is 16.8 Å². The topological polar surface area (TPSA) is 51.2 Å². The second-order valence-corrected chi connectivity index (χ2v) is 5.02. The molecule has 102 valence electrons. The van der Waals surface area contributed by atoms with Gasteiger partial charge in [-0.05, 0) is 11.4 Å². The number of hydroxylamine groups is 1. The summed E-state index contributed by atoms with van der Waals surface area (Å²) >= 11 is 2.72. The van der Waals surface area contributed by atoms with Crippen molar-refractivity contribution in [3.63, 3.8) is 0 Å². The standard InChI is InChI=1S/C10H7F3N2O2S2/c11-10(12,13)5-17-15-8(16)7-4-19-9(14-7)6-1-2-18-3-6/h1-4H,5H2,(H,15,16). The largest absolute Gasteiger partial charge is 0.414 e. The monoisotopic (exact) mass is 308 g/mol. The maximum Gasteiger partial charge on any atom is 0.414 e. The molecular formula is C10H7F3N2O2S2. The van der Waals surface area contributed by atoms with E-state index in [9.17, 15) is 18.0 Å². The van der Waals surface area contributed by atoms with Gasteiger partial charge in [0.1, 0.15) is 10.7 Å². The fourth-order valence-corrected chi connectivity index (χ4v) is 2.64. The van der Waals surface area contributed by atoms with Crippen LogP contribution in [0.5, 0.6) is 0 Å². The Morgan fingerprint density at radius 2 is 2.21 bits per heavy atom. The molecule has 0 aliphatic carbocycles. The summed E-state index contributed by atoms with van der Waals surface area (Å²) < 4.78 is 35.4. The van der Waals surface area contributed by atoms with Crippen LogP contribution in [0.3, 0.4) is 0 Å². The summed E-state index contributed by atoms with van der Waals surface area (Å²) in [5.41, 5.74) is 2.59. The van der Waals surface area contributed by atoms with Gasteiger partial charge in [-0.3, -0.25) is 9.63 Å². The zero-order valence-corrected chi connectivity index (χ0v) is 10.9. The third kappa shape index (κ3) is 4.01. The molecule has 2 aromatic rings. The van der Waals surface area contributed by atoms with Gasteiger partial charge in [0.2, 0.25) is 0 Å². The Kier molecular flexibility index (Phi) is 4.17. The van der Waals surface area contributed by atoms with E-state index in [4.69, 9.17) is 0 Å². The third-order valence-electron chi connectivity index (χ3n) is 1.91. The van der Waals surface area contributed by atoms with Gasteiger partial charge in [0.15, 0.2) is 6.61 Å². The van der Waals surface area contributed by atoms with Crippen LogP contribution in [-0.2, 0) is 4.84 Å². The number of nitrogens with one attached hydrogen (secondary N) is 1. The number of rotatable bonds is 4. The molecule has 0 fully saturated rings. The van der Waals surface area contributed by atoms with E-state index < -0.39 is 18.7 Å². The first-order valence-corrected chi connectivity index (χ1v) is 6.75. The Morgan fingerprint density at radius 3 is 2.84 bits per heavy atom. The van der Waals surface area contributed by atoms with Gasteiger partial charge in [-0.15, -0.1) is 11.3 Å². The summed E-state index contributed by atoms with van der Waals surface area (Å²) in [6, 6.07) is 1.84. The minimum Gasteiger partial charge on any atom is -0.265 e. The minimum absolute atomic E-state index is 0.0216. The smallest absolute Gasteiger partial charge is 0.265 e. The van der Waals surface area contributed by atoms with Crippen LogP contribution in [0.25, 0.3) is 10.6 Å². The van der Waals surface area contributed by atoms with Crippen LogP contribution < -0.4 is 5.48 Å². The predicted octanol–water partition coefficient (Wildman–Crippen LogP) is 3.10. The number of carbonyl (C=O) groups is 1. The number of alkyl halides is 3. The zero-order chi connectivity index (χ0) is 13.9. The number of hydrogen-bond donors (Lipinski definition) is 1. The highest BCUT2D eigenvalue weighted by Gasteiger charge is 2.28. The van der Waals surface area contributed by atoms with E-state index in [0.717, 1.165) is 5.56 Å². The van der Waals surface area contributed by atoms with Crippen molar-refractivity contribution >= 4 is 28.6 Å². The molecule has 0 unspecified atom stereocenters. The van der Waals surface area contributed by atoms with E-state index in [2.05, 4.69) is 9.82 Å². The molecule has 2 aromatic heterocycles. The molecule has 1 amide bonds. The fraction of sp³-hybridized carbons (Fsp3) is 0.200. The first kappa shape index (κ1) is 14.0. The molecule has 2 heterocycles. The van der Waals surface area contributed by atoms with Gasteiger partial charge >= 0.3 is 6.18 Å². The van der Waals surface area contributed by atoms with Crippen molar-refractivity contribution < 1.29 is 22.8 Å². The highest BCUT2D eigenvalue weighted by atomic mass is 32.1. The number of thiophene rings is 1. The number of hydrogen-bond acceptors (Lipinski definition) is 5. The Hall–Kier alpha value is -1.45. The normalized spacial score (nSPS) is 11.5. The molecule has 0 saturated heterocycles. The molecule has 0 bridgehead atoms. The SMILES string of the molecule is O=C(NOCC(F)(F)F)c1csc(-c2ccsc2)n1. The first-order chi connectivity index (χ1) is 8.96. The van der Waals surface area contributed by atoms with Crippen molar-refractivity contribution in [2.45, 2.75) is 6.18 Å². The lowest BCUT2D eigenvalue weighted by Crippen LogP contribution is -2.29. The van der Waals surface area contributed by atoms with Crippen LogP contribution in [0.1, 0.15) is 10.5 Å². The van der Waals surface area contributed by atoms with Crippen LogP contribution in [0.4, 0.5) is 13.2 Å². The van der Waals surface area contributed by atoms with E-state index in [1.54, 1.807) is 5.48 Å². The number of amides is 1. The average Bonchev–Trinajstić information content (AvgIpc) is 2.98. The van der Waals surface area contributed by atoms with Gasteiger partial charge in [0, 0.05) is 16.3 Å². The molecule has 0 aliphatic heterocycles. The van der Waals surface area contributed by atoms with Gasteiger partial charge in [0.25, 0.3) is 5.91 Å². The van der Waals surface area contributed by atoms with Crippen LogP contribution in [-0.4, -0.2) is 23.7 Å². The van der Waals surface area contributed by atoms with Gasteiger partial charge in [-0.1, -0.05) is 0 Å². The highest BCUT2D eigenvalue weighted by Crippen LogP contribution is 2.25. The zero-order valence-electron chi connectivity index (χ0n) is 9.23. The van der Waals surface area contributed by atoms with Crippen molar-refractivity contribution in [1.82, 2.24) is 10.5 Å². The molecule has 0 spiro atoms. The third-order valence-corrected chi connectivity index (χ3v) is 3.48. The van der Waals surface area contributed by atoms with Gasteiger partial charge in [-0.2, -0.15) is 24.5 Å². The van der Waals surface area contributed by atoms with Crippen molar-refractivity contribution in [3.8, 4) is 10.6 Å². The molecule has 4 nitrogen and oxygen atoms in total. The average molecular weight is 308 g/mol. The van der Waals surface area contributed by atoms with Crippen molar-refractivity contribution in [2.75, 3.05) is 6.61 Å². The molecule has 0 atom stereocenters. The number of halogens is 3. The molecule has 0 aliphatic rings. The number of carbonyl (C=O) groups excluding carboxylic acids is 1. The second-order valence-electron chi connectivity index (χ2n) is 3.38. The summed E-state index contributed by atoms with van der Waals surface area (Å²) in [6.07, 6.45) is -4.49. The fourth-order valence-electron chi connectivity index (χ4n) is 1.13. The van der Waals surface area contributed by atoms with Crippen LogP contribution >= 0.6 is 22.7 Å². The lowest BCUT2D eigenvalue weighted by Gasteiger charge is -2.06. The molecule has 0 aromatic carbocycles. The summed E-state index contributed by atoms with van der Waals surface area (Å²) in [4.78, 5) is 19.5. The Bertz CT molecular complexity index is 551. The number of nitrogens with zero attached hydrogens (tertiary/aromatic N) is 1. The van der Waals surface area contributed by atoms with Crippen molar-refractivity contribution in [2.24, 2.45) is 0 Å². The summed E-state index contributed by atoms with van der Waals surface area (Å²) in [5, 5.41) is 5.81. The Morgan fingerprint density at radius 1 is 1.42 bits per heavy atom.